The highest BCUT2D eigenvalue weighted by molar-refractivity contribution is 7.74. The molecule has 2 atom stereocenters. The summed E-state index contributed by atoms with van der Waals surface area (Å²) in [6, 6.07) is 25.8. The van der Waals surface area contributed by atoms with Crippen LogP contribution in [0, 0.1) is 0 Å². The number of benzene rings is 3. The molecule has 3 aromatic carbocycles. The van der Waals surface area contributed by atoms with Crippen LogP contribution in [0.1, 0.15) is 11.1 Å². The normalized spacial score (nSPS) is 15.8. The molecule has 0 heterocycles. The molecule has 3 nitrogen and oxygen atoms in total. The van der Waals surface area contributed by atoms with Gasteiger partial charge in [-0.3, -0.25) is 4.57 Å². The van der Waals surface area contributed by atoms with Crippen molar-refractivity contribution in [3.8, 4) is 0 Å². The quantitative estimate of drug-likeness (QED) is 0.633. The average Bonchev–Trinajstić information content (AvgIpc) is 2.64. The largest absolute Gasteiger partial charge is 0.372 e. The Bertz CT molecular complexity index is 871. The van der Waals surface area contributed by atoms with Crippen LogP contribution in [0.2, 0.25) is 0 Å². The lowest BCUT2D eigenvalue weighted by molar-refractivity contribution is 0.488. The molecule has 0 bridgehead atoms. The van der Waals surface area contributed by atoms with Gasteiger partial charge in [-0.15, -0.1) is 0 Å². The van der Waals surface area contributed by atoms with Gasteiger partial charge in [0.15, 0.2) is 0 Å². The van der Waals surface area contributed by atoms with Crippen molar-refractivity contribution in [2.45, 2.75) is 12.3 Å². The second-order valence-electron chi connectivity index (χ2n) is 6.43. The van der Waals surface area contributed by atoms with E-state index in [1.54, 1.807) is 24.3 Å². The van der Waals surface area contributed by atoms with E-state index in [0.29, 0.717) is 11.5 Å². The second-order valence-corrected chi connectivity index (χ2v) is 11.3. The molecule has 0 aliphatic rings. The summed E-state index contributed by atoms with van der Waals surface area (Å²) < 4.78 is 12.6. The van der Waals surface area contributed by atoms with Gasteiger partial charge in [-0.1, -0.05) is 79.1 Å². The third-order valence-electron chi connectivity index (χ3n) is 4.26. The smallest absolute Gasteiger partial charge is 0.233 e. The first kappa shape index (κ1) is 18.9. The minimum absolute atomic E-state index is 0.0970. The van der Waals surface area contributed by atoms with Crippen molar-refractivity contribution in [1.82, 2.24) is 0 Å². The first-order valence-corrected chi connectivity index (χ1v) is 12.3. The maximum Gasteiger partial charge on any atom is 0.233 e. The van der Waals surface area contributed by atoms with Gasteiger partial charge in [-0.25, -0.2) is 0 Å². The van der Waals surface area contributed by atoms with Gasteiger partial charge in [0.1, 0.15) is 0 Å². The third-order valence-corrected chi connectivity index (χ3v) is 8.31. The topological polar surface area (TPSA) is 57.5 Å². The lowest BCUT2D eigenvalue weighted by Crippen LogP contribution is -2.06. The van der Waals surface area contributed by atoms with E-state index < -0.39 is 14.5 Å². The van der Waals surface area contributed by atoms with E-state index in [-0.39, 0.29) is 6.16 Å². The van der Waals surface area contributed by atoms with Crippen molar-refractivity contribution in [3.63, 3.8) is 0 Å². The van der Waals surface area contributed by atoms with E-state index in [0.717, 1.165) is 16.4 Å². The van der Waals surface area contributed by atoms with Gasteiger partial charge in [-0.2, -0.15) is 0 Å². The first-order valence-electron chi connectivity index (χ1n) is 8.33. The molecular weight excluding hydrogens is 362 g/mol. The maximum absolute atomic E-state index is 12.6. The molecule has 0 spiro atoms. The van der Waals surface area contributed by atoms with Crippen LogP contribution in [-0.4, -0.2) is 16.1 Å². The highest BCUT2D eigenvalue weighted by atomic mass is 31.2. The Morgan fingerprint density at radius 2 is 1.08 bits per heavy atom. The van der Waals surface area contributed by atoms with Crippen molar-refractivity contribution < 1.29 is 14.4 Å². The van der Waals surface area contributed by atoms with E-state index in [4.69, 9.17) is 0 Å². The summed E-state index contributed by atoms with van der Waals surface area (Å²) in [6.45, 7) is 0. The molecule has 2 unspecified atom stereocenters. The molecule has 0 fully saturated rings. The predicted octanol–water partition coefficient (Wildman–Crippen LogP) is 3.96. The zero-order valence-electron chi connectivity index (χ0n) is 14.4. The Balaban J connectivity index is 1.73. The Morgan fingerprint density at radius 1 is 0.654 bits per heavy atom. The summed E-state index contributed by atoms with van der Waals surface area (Å²) in [4.78, 5) is 21.1. The van der Waals surface area contributed by atoms with Crippen LogP contribution in [0.5, 0.6) is 0 Å². The molecule has 5 heteroatoms. The van der Waals surface area contributed by atoms with Crippen molar-refractivity contribution >= 4 is 31.4 Å². The molecule has 0 radical (unpaired) electrons. The van der Waals surface area contributed by atoms with Gasteiger partial charge in [0.2, 0.25) is 7.37 Å². The fraction of sp³-hybridized carbons (Fsp3) is 0.0952. The highest BCUT2D eigenvalue weighted by Gasteiger charge is 2.21. The predicted molar refractivity (Wildman–Crippen MR) is 112 cm³/mol. The van der Waals surface area contributed by atoms with Crippen molar-refractivity contribution in [2.75, 3.05) is 0 Å². The molecule has 0 saturated heterocycles. The number of rotatable bonds is 6. The van der Waals surface area contributed by atoms with E-state index in [1.165, 1.54) is 0 Å². The zero-order valence-corrected chi connectivity index (χ0v) is 16.2. The number of hydrogen-bond acceptors (Lipinski definition) is 2. The minimum atomic E-state index is -3.43. The van der Waals surface area contributed by atoms with E-state index in [9.17, 15) is 14.4 Å². The lowest BCUT2D eigenvalue weighted by atomic mass is 10.2. The fourth-order valence-electron chi connectivity index (χ4n) is 2.85. The second kappa shape index (κ2) is 7.78. The molecule has 134 valence electrons. The molecule has 0 aliphatic heterocycles. The average molecular weight is 384 g/mol. The van der Waals surface area contributed by atoms with E-state index in [2.05, 4.69) is 6.30 Å². The van der Waals surface area contributed by atoms with Crippen LogP contribution in [0.3, 0.4) is 0 Å². The van der Waals surface area contributed by atoms with Crippen LogP contribution in [-0.2, 0) is 16.9 Å². The third kappa shape index (κ3) is 4.63. The van der Waals surface area contributed by atoms with E-state index >= 15 is 0 Å². The summed E-state index contributed by atoms with van der Waals surface area (Å²) in [6.07, 6.45) is 4.62. The molecule has 0 aromatic heterocycles. The summed E-state index contributed by atoms with van der Waals surface area (Å²) in [5, 5.41) is 1.33. The molecule has 3 aromatic rings. The van der Waals surface area contributed by atoms with Crippen molar-refractivity contribution in [1.29, 1.82) is 0 Å². The van der Waals surface area contributed by atoms with Gasteiger partial charge >= 0.3 is 0 Å². The van der Waals surface area contributed by atoms with E-state index in [1.807, 2.05) is 60.7 Å². The summed E-state index contributed by atoms with van der Waals surface area (Å²) in [5.74, 6) is 0. The van der Waals surface area contributed by atoms with Crippen LogP contribution < -0.4 is 10.6 Å². The zero-order chi connectivity index (χ0) is 18.6. The summed E-state index contributed by atoms with van der Waals surface area (Å²) in [5.41, 5.74) is 1.77. The van der Waals surface area contributed by atoms with Crippen LogP contribution >= 0.6 is 14.5 Å². The van der Waals surface area contributed by atoms with Crippen molar-refractivity contribution in [2.24, 2.45) is 0 Å². The standard InChI is InChI=1S/C21H22O3P2/c1-25(22,20-8-4-2-5-9-20)16-18-12-14-19(15-13-18)17-26(23,24)21-10-6-3-7-11-21/h2-15,22H,1,16-17H2,(H,23,24). The van der Waals surface area contributed by atoms with Gasteiger partial charge in [-0.05, 0) is 28.6 Å². The van der Waals surface area contributed by atoms with Crippen molar-refractivity contribution in [3.05, 3.63) is 96.1 Å². The fourth-order valence-corrected chi connectivity index (χ4v) is 6.10. The molecule has 26 heavy (non-hydrogen) atoms. The summed E-state index contributed by atoms with van der Waals surface area (Å²) >= 11 is 0. The Kier molecular flexibility index (Phi) is 5.65. The molecule has 3 rings (SSSR count). The number of hydrogen-bond donors (Lipinski definition) is 2. The summed E-state index contributed by atoms with van der Waals surface area (Å²) in [7, 11) is -5.90. The maximum atomic E-state index is 12.6. The molecule has 0 amide bonds. The Labute approximate surface area is 154 Å². The van der Waals surface area contributed by atoms with Gasteiger partial charge < -0.3 is 9.79 Å². The van der Waals surface area contributed by atoms with Crippen LogP contribution in [0.4, 0.5) is 0 Å². The monoisotopic (exact) mass is 384 g/mol. The first-order chi connectivity index (χ1) is 12.4. The van der Waals surface area contributed by atoms with Gasteiger partial charge in [0.25, 0.3) is 0 Å². The molecule has 2 N–H and O–H groups in total. The SMILES string of the molecule is C=P(O)(Cc1ccc(CP(=O)(O)c2ccccc2)cc1)c1ccccc1. The molecule has 0 aliphatic carbocycles. The van der Waals surface area contributed by atoms with Crippen LogP contribution in [0.25, 0.3) is 0 Å². The van der Waals surface area contributed by atoms with Crippen LogP contribution in [0.15, 0.2) is 84.9 Å². The highest BCUT2D eigenvalue weighted by Crippen LogP contribution is 2.44. The van der Waals surface area contributed by atoms with Gasteiger partial charge in [0, 0.05) is 18.6 Å². The lowest BCUT2D eigenvalue weighted by Gasteiger charge is -2.18. The molecule has 0 saturated carbocycles. The van der Waals surface area contributed by atoms with Gasteiger partial charge in [0.05, 0.1) is 6.16 Å². The Hall–Kier alpha value is -1.89. The minimum Gasteiger partial charge on any atom is -0.372 e. The Morgan fingerprint density at radius 3 is 1.58 bits per heavy atom. The molecular formula is C21H22O3P2.